The van der Waals surface area contributed by atoms with Crippen LogP contribution in [0.25, 0.3) is 0 Å². The smallest absolute Gasteiger partial charge is 0.223 e. The van der Waals surface area contributed by atoms with E-state index in [-0.39, 0.29) is 31.1 Å². The number of aromatic nitrogens is 1. The van der Waals surface area contributed by atoms with Crippen molar-refractivity contribution in [3.63, 3.8) is 0 Å². The van der Waals surface area contributed by atoms with Crippen LogP contribution in [0.15, 0.2) is 24.5 Å². The lowest BCUT2D eigenvalue weighted by Crippen LogP contribution is -2.49. The second kappa shape index (κ2) is 8.40. The summed E-state index contributed by atoms with van der Waals surface area (Å²) in [6.45, 7) is 0. The van der Waals surface area contributed by atoms with Gasteiger partial charge in [0.25, 0.3) is 0 Å². The van der Waals surface area contributed by atoms with Crippen LogP contribution in [0.3, 0.4) is 0 Å². The van der Waals surface area contributed by atoms with Crippen LogP contribution in [-0.2, 0) is 16.0 Å². The molecule has 1 saturated carbocycles. The fraction of sp³-hybridized carbons (Fsp3) is 0.556. The molecule has 1 aromatic heterocycles. The van der Waals surface area contributed by atoms with E-state index >= 15 is 0 Å². The Hall–Kier alpha value is -1.99. The highest BCUT2D eigenvalue weighted by molar-refractivity contribution is 5.79. The average Bonchev–Trinajstić information content (AvgIpc) is 2.58. The van der Waals surface area contributed by atoms with E-state index < -0.39 is 23.5 Å². The maximum Gasteiger partial charge on any atom is 0.223 e. The molecular weight excluding hydrogens is 322 g/mol. The summed E-state index contributed by atoms with van der Waals surface area (Å²) < 4.78 is 0. The maximum atomic E-state index is 11.9. The second-order valence-electron chi connectivity index (χ2n) is 6.84. The van der Waals surface area contributed by atoms with Crippen LogP contribution in [0, 0.1) is 18.3 Å². The van der Waals surface area contributed by atoms with Gasteiger partial charge < -0.3 is 21.7 Å². The Kier molecular flexibility index (Phi) is 6.50. The monoisotopic (exact) mass is 348 g/mol. The number of aliphatic hydroxyl groups excluding tert-OH is 1. The van der Waals surface area contributed by atoms with Gasteiger partial charge >= 0.3 is 0 Å². The zero-order chi connectivity index (χ0) is 18.4. The van der Waals surface area contributed by atoms with Crippen LogP contribution < -0.4 is 11.5 Å². The Morgan fingerprint density at radius 2 is 2.04 bits per heavy atom. The van der Waals surface area contributed by atoms with Gasteiger partial charge in [0.2, 0.25) is 11.8 Å². The van der Waals surface area contributed by atoms with Gasteiger partial charge in [-0.1, -0.05) is 6.07 Å². The molecule has 6 N–H and O–H groups in total. The van der Waals surface area contributed by atoms with Gasteiger partial charge in [0.15, 0.2) is 0 Å². The van der Waals surface area contributed by atoms with E-state index in [2.05, 4.69) is 4.98 Å². The highest BCUT2D eigenvalue weighted by Crippen LogP contribution is 2.39. The number of nitrogens with two attached hydrogens (primary N) is 2. The lowest BCUT2D eigenvalue weighted by molar-refractivity contribution is -0.139. The molecule has 7 heteroatoms. The summed E-state index contributed by atoms with van der Waals surface area (Å²) in [6, 6.07) is 3.70. The second-order valence-corrected chi connectivity index (χ2v) is 6.84. The molecule has 7 nitrogen and oxygen atoms in total. The minimum absolute atomic E-state index is 0.0489. The van der Waals surface area contributed by atoms with Crippen LogP contribution >= 0.6 is 0 Å². The van der Waals surface area contributed by atoms with Gasteiger partial charge in [0.1, 0.15) is 0 Å². The van der Waals surface area contributed by atoms with Crippen LogP contribution in [0.4, 0.5) is 0 Å². The number of primary amides is 2. The minimum atomic E-state index is -1.30. The summed E-state index contributed by atoms with van der Waals surface area (Å²) in [4.78, 5) is 27.1. The molecule has 0 saturated heterocycles. The van der Waals surface area contributed by atoms with Crippen molar-refractivity contribution >= 4 is 11.8 Å². The summed E-state index contributed by atoms with van der Waals surface area (Å²) >= 11 is 0. The summed E-state index contributed by atoms with van der Waals surface area (Å²) in [6.07, 6.45) is 6.09. The number of hydrogen-bond donors (Lipinski definition) is 4. The molecule has 2 amide bonds. The molecular formula is C18H26N3O4. The molecule has 2 unspecified atom stereocenters. The van der Waals surface area contributed by atoms with E-state index in [1.807, 2.05) is 12.1 Å². The number of nitrogens with zero attached hydrogens (tertiary/aromatic N) is 1. The molecule has 1 fully saturated rings. The van der Waals surface area contributed by atoms with Crippen molar-refractivity contribution in [2.75, 3.05) is 0 Å². The van der Waals surface area contributed by atoms with Crippen LogP contribution in [-0.4, -0.2) is 38.7 Å². The third-order valence-electron chi connectivity index (χ3n) is 5.07. The third kappa shape index (κ3) is 5.24. The quantitative estimate of drug-likeness (QED) is 0.527. The molecule has 0 aliphatic heterocycles. The zero-order valence-electron chi connectivity index (χ0n) is 14.2. The number of amides is 2. The van der Waals surface area contributed by atoms with Crippen molar-refractivity contribution in [3.05, 3.63) is 36.5 Å². The first kappa shape index (κ1) is 19.3. The molecule has 2 rings (SSSR count). The lowest BCUT2D eigenvalue weighted by atomic mass is 9.70. The SMILES string of the molecule is NC(=O)C1CCC(O)(C(CC(O)[CH]Cc2cccnc2)C(N)=O)CC1. The first-order valence-electron chi connectivity index (χ1n) is 8.53. The summed E-state index contributed by atoms with van der Waals surface area (Å²) in [5.74, 6) is -2.19. The highest BCUT2D eigenvalue weighted by Gasteiger charge is 2.44. The number of hydrogen-bond acceptors (Lipinski definition) is 5. The van der Waals surface area contributed by atoms with Crippen molar-refractivity contribution in [2.45, 2.75) is 50.2 Å². The van der Waals surface area contributed by atoms with E-state index in [1.54, 1.807) is 18.8 Å². The first-order valence-corrected chi connectivity index (χ1v) is 8.53. The van der Waals surface area contributed by atoms with Gasteiger partial charge in [-0.3, -0.25) is 14.6 Å². The molecule has 0 bridgehead atoms. The van der Waals surface area contributed by atoms with Gasteiger partial charge in [0.05, 0.1) is 17.6 Å². The van der Waals surface area contributed by atoms with Crippen molar-refractivity contribution in [2.24, 2.45) is 23.3 Å². The fourth-order valence-electron chi connectivity index (χ4n) is 3.48. The van der Waals surface area contributed by atoms with E-state index in [1.165, 1.54) is 0 Å². The van der Waals surface area contributed by atoms with E-state index in [4.69, 9.17) is 11.5 Å². The normalized spacial score (nSPS) is 25.9. The summed E-state index contributed by atoms with van der Waals surface area (Å²) in [5, 5.41) is 21.1. The lowest BCUT2D eigenvalue weighted by Gasteiger charge is -2.40. The van der Waals surface area contributed by atoms with Crippen LogP contribution in [0.5, 0.6) is 0 Å². The standard InChI is InChI=1S/C18H26N3O4/c19-16(23)13-5-7-18(25,8-6-13)15(17(20)24)10-14(22)4-3-12-2-1-9-21-11-12/h1-2,4,9,11,13-15,22,25H,3,5-8,10H2,(H2,19,23)(H2,20,24). The number of aliphatic hydroxyl groups is 2. The van der Waals surface area contributed by atoms with E-state index in [0.29, 0.717) is 19.3 Å². The Morgan fingerprint density at radius 1 is 1.36 bits per heavy atom. The van der Waals surface area contributed by atoms with Gasteiger partial charge in [-0.05, 0) is 56.6 Å². The Morgan fingerprint density at radius 3 is 2.56 bits per heavy atom. The molecule has 25 heavy (non-hydrogen) atoms. The Balaban J connectivity index is 1.93. The molecule has 1 aliphatic carbocycles. The van der Waals surface area contributed by atoms with E-state index in [0.717, 1.165) is 5.56 Å². The predicted molar refractivity (Wildman–Crippen MR) is 91.7 cm³/mol. The molecule has 1 aliphatic rings. The Bertz CT molecular complexity index is 585. The van der Waals surface area contributed by atoms with E-state index in [9.17, 15) is 19.8 Å². The van der Waals surface area contributed by atoms with Crippen molar-refractivity contribution < 1.29 is 19.8 Å². The summed E-state index contributed by atoms with van der Waals surface area (Å²) in [5.41, 5.74) is 10.4. The minimum Gasteiger partial charge on any atom is -0.393 e. The zero-order valence-corrected chi connectivity index (χ0v) is 14.2. The van der Waals surface area contributed by atoms with Crippen molar-refractivity contribution in [1.82, 2.24) is 4.98 Å². The van der Waals surface area contributed by atoms with Crippen LogP contribution in [0.1, 0.15) is 37.7 Å². The molecule has 1 radical (unpaired) electrons. The molecule has 0 spiro atoms. The average molecular weight is 348 g/mol. The summed E-state index contributed by atoms with van der Waals surface area (Å²) in [7, 11) is 0. The number of rotatable bonds is 8. The highest BCUT2D eigenvalue weighted by atomic mass is 16.3. The number of pyridine rings is 1. The van der Waals surface area contributed by atoms with Gasteiger partial charge in [-0.15, -0.1) is 0 Å². The van der Waals surface area contributed by atoms with Crippen molar-refractivity contribution in [3.8, 4) is 0 Å². The maximum absolute atomic E-state index is 11.9. The molecule has 2 atom stereocenters. The molecule has 137 valence electrons. The van der Waals surface area contributed by atoms with Gasteiger partial charge in [-0.25, -0.2) is 0 Å². The van der Waals surface area contributed by atoms with Crippen molar-refractivity contribution in [1.29, 1.82) is 0 Å². The molecule has 0 aromatic carbocycles. The largest absolute Gasteiger partial charge is 0.393 e. The number of carbonyl (C=O) groups excluding carboxylic acids is 2. The first-order chi connectivity index (χ1) is 11.8. The Labute approximate surface area is 147 Å². The third-order valence-corrected chi connectivity index (χ3v) is 5.07. The number of carbonyl (C=O) groups is 2. The molecule has 1 heterocycles. The predicted octanol–water partition coefficient (Wildman–Crippen LogP) is 0.0875. The molecule has 1 aromatic rings. The van der Waals surface area contributed by atoms with Gasteiger partial charge in [0, 0.05) is 18.3 Å². The van der Waals surface area contributed by atoms with Gasteiger partial charge in [-0.2, -0.15) is 0 Å². The topological polar surface area (TPSA) is 140 Å². The van der Waals surface area contributed by atoms with Crippen LogP contribution in [0.2, 0.25) is 0 Å². The fourth-order valence-corrected chi connectivity index (χ4v) is 3.48.